The molecular formula is C24H27N5O. The van der Waals surface area contributed by atoms with Gasteiger partial charge in [-0.05, 0) is 37.3 Å². The van der Waals surface area contributed by atoms with E-state index in [2.05, 4.69) is 43.3 Å². The first kappa shape index (κ1) is 18.9. The summed E-state index contributed by atoms with van der Waals surface area (Å²) in [5.74, 6) is 2.68. The van der Waals surface area contributed by atoms with Crippen molar-refractivity contribution in [1.82, 2.24) is 15.0 Å². The Balaban J connectivity index is 1.48. The molecule has 3 heterocycles. The van der Waals surface area contributed by atoms with Crippen molar-refractivity contribution >= 4 is 16.9 Å². The first-order valence-electron chi connectivity index (χ1n) is 10.7. The SMILES string of the molecule is [C-]#[N+]C(C)(C)CC[C@H]1COc2ccccc2[C@@H]1Nc1ncnc2[nH]c(C3CC3)cc12. The van der Waals surface area contributed by atoms with Crippen LogP contribution < -0.4 is 10.1 Å². The van der Waals surface area contributed by atoms with Crippen LogP contribution in [0.5, 0.6) is 5.75 Å². The maximum Gasteiger partial charge on any atom is 0.227 e. The second-order valence-electron chi connectivity index (χ2n) is 9.18. The average Bonchev–Trinajstić information content (AvgIpc) is 3.52. The molecule has 6 heteroatoms. The summed E-state index contributed by atoms with van der Waals surface area (Å²) in [6.45, 7) is 12.1. The number of rotatable bonds is 6. The maximum atomic E-state index is 7.46. The minimum atomic E-state index is -0.358. The van der Waals surface area contributed by atoms with E-state index in [-0.39, 0.29) is 17.5 Å². The predicted molar refractivity (Wildman–Crippen MR) is 118 cm³/mol. The number of H-pyrrole nitrogens is 1. The Labute approximate surface area is 176 Å². The van der Waals surface area contributed by atoms with Crippen molar-refractivity contribution in [2.45, 2.75) is 57.0 Å². The molecule has 6 nitrogen and oxygen atoms in total. The van der Waals surface area contributed by atoms with Gasteiger partial charge in [0, 0.05) is 37.4 Å². The molecule has 1 saturated carbocycles. The van der Waals surface area contributed by atoms with Crippen LogP contribution in [0.4, 0.5) is 5.82 Å². The van der Waals surface area contributed by atoms with Crippen LogP contribution in [0.2, 0.25) is 0 Å². The number of aromatic nitrogens is 3. The minimum absolute atomic E-state index is 0.0776. The third-order valence-corrected chi connectivity index (χ3v) is 6.36. The molecule has 2 aliphatic rings. The Morgan fingerprint density at radius 3 is 2.90 bits per heavy atom. The number of anilines is 1. The number of fused-ring (bicyclic) bond motifs is 2. The normalized spacial score (nSPS) is 21.0. The number of hydrogen-bond donors (Lipinski definition) is 2. The summed E-state index contributed by atoms with van der Waals surface area (Å²) in [5.41, 5.74) is 2.94. The summed E-state index contributed by atoms with van der Waals surface area (Å²) in [4.78, 5) is 16.3. The Morgan fingerprint density at radius 1 is 1.27 bits per heavy atom. The lowest BCUT2D eigenvalue weighted by Gasteiger charge is -2.35. The van der Waals surface area contributed by atoms with E-state index in [0.717, 1.165) is 41.0 Å². The molecule has 2 atom stereocenters. The van der Waals surface area contributed by atoms with Gasteiger partial charge < -0.3 is 19.9 Å². The van der Waals surface area contributed by atoms with Crippen LogP contribution in [0.3, 0.4) is 0 Å². The van der Waals surface area contributed by atoms with Gasteiger partial charge in [-0.1, -0.05) is 18.2 Å². The number of aromatic amines is 1. The van der Waals surface area contributed by atoms with E-state index < -0.39 is 0 Å². The summed E-state index contributed by atoms with van der Waals surface area (Å²) < 4.78 is 6.08. The van der Waals surface area contributed by atoms with Gasteiger partial charge in [0.1, 0.15) is 23.5 Å². The molecule has 1 aliphatic carbocycles. The highest BCUT2D eigenvalue weighted by atomic mass is 16.5. The van der Waals surface area contributed by atoms with Crippen LogP contribution >= 0.6 is 0 Å². The van der Waals surface area contributed by atoms with Crippen molar-refractivity contribution in [2.75, 3.05) is 11.9 Å². The molecule has 30 heavy (non-hydrogen) atoms. The van der Waals surface area contributed by atoms with E-state index in [9.17, 15) is 0 Å². The van der Waals surface area contributed by atoms with Gasteiger partial charge in [0.15, 0.2) is 0 Å². The van der Waals surface area contributed by atoms with E-state index in [1.54, 1.807) is 6.33 Å². The highest BCUT2D eigenvalue weighted by Gasteiger charge is 2.34. The zero-order valence-electron chi connectivity index (χ0n) is 17.5. The fourth-order valence-corrected chi connectivity index (χ4v) is 4.29. The standard InChI is InChI=1S/C24H27N5O/c1-24(2,25-3)11-10-16-13-30-20-7-5-4-6-17(20)21(16)29-23-18-12-19(15-8-9-15)28-22(18)26-14-27-23/h4-7,12,14-16,21H,8-11,13H2,1-2H3,(H2,26,27,28,29)/t16-,21+/m0/s1. The largest absolute Gasteiger partial charge is 0.493 e. The lowest BCUT2D eigenvalue weighted by Crippen LogP contribution is -2.32. The minimum Gasteiger partial charge on any atom is -0.493 e. The Hall–Kier alpha value is -3.07. The van der Waals surface area contributed by atoms with Gasteiger partial charge in [-0.2, -0.15) is 0 Å². The molecule has 0 radical (unpaired) electrons. The molecule has 1 aromatic carbocycles. The van der Waals surface area contributed by atoms with E-state index in [0.29, 0.717) is 12.5 Å². The lowest BCUT2D eigenvalue weighted by molar-refractivity contribution is 0.187. The van der Waals surface area contributed by atoms with Crippen LogP contribution in [-0.4, -0.2) is 27.1 Å². The molecule has 154 valence electrons. The second kappa shape index (κ2) is 7.32. The molecule has 0 saturated heterocycles. The predicted octanol–water partition coefficient (Wildman–Crippen LogP) is 5.48. The van der Waals surface area contributed by atoms with Crippen molar-refractivity contribution in [3.63, 3.8) is 0 Å². The zero-order chi connectivity index (χ0) is 20.7. The number of para-hydroxylation sites is 1. The highest BCUT2D eigenvalue weighted by molar-refractivity contribution is 5.88. The monoisotopic (exact) mass is 401 g/mol. The molecule has 3 aromatic rings. The molecule has 2 N–H and O–H groups in total. The summed E-state index contributed by atoms with van der Waals surface area (Å²) in [6.07, 6.45) is 5.86. The average molecular weight is 402 g/mol. The van der Waals surface area contributed by atoms with Gasteiger partial charge in [0.05, 0.1) is 18.0 Å². The Morgan fingerprint density at radius 2 is 2.10 bits per heavy atom. The van der Waals surface area contributed by atoms with Crippen molar-refractivity contribution in [1.29, 1.82) is 0 Å². The van der Waals surface area contributed by atoms with Gasteiger partial charge in [-0.15, -0.1) is 0 Å². The number of nitrogens with one attached hydrogen (secondary N) is 2. The Kier molecular flexibility index (Phi) is 4.62. The quantitative estimate of drug-likeness (QED) is 0.537. The van der Waals surface area contributed by atoms with Crippen molar-refractivity contribution < 1.29 is 4.74 Å². The zero-order valence-corrected chi connectivity index (χ0v) is 17.5. The molecule has 5 rings (SSSR count). The third kappa shape index (κ3) is 3.60. The molecule has 2 aromatic heterocycles. The number of hydrogen-bond acceptors (Lipinski definition) is 4. The second-order valence-corrected chi connectivity index (χ2v) is 9.18. The van der Waals surface area contributed by atoms with Crippen LogP contribution in [0.15, 0.2) is 36.7 Å². The fourth-order valence-electron chi connectivity index (χ4n) is 4.29. The van der Waals surface area contributed by atoms with Crippen LogP contribution in [0.1, 0.15) is 62.7 Å². The number of benzene rings is 1. The van der Waals surface area contributed by atoms with Gasteiger partial charge >= 0.3 is 0 Å². The molecule has 1 fully saturated rings. The molecule has 1 aliphatic heterocycles. The first-order valence-corrected chi connectivity index (χ1v) is 10.7. The van der Waals surface area contributed by atoms with E-state index >= 15 is 0 Å². The van der Waals surface area contributed by atoms with Gasteiger partial charge in [-0.3, -0.25) is 0 Å². The summed E-state index contributed by atoms with van der Waals surface area (Å²) >= 11 is 0. The summed E-state index contributed by atoms with van der Waals surface area (Å²) in [5, 5.41) is 4.77. The molecule has 0 bridgehead atoms. The smallest absolute Gasteiger partial charge is 0.227 e. The number of nitrogens with zero attached hydrogens (tertiary/aromatic N) is 3. The maximum absolute atomic E-state index is 7.46. The lowest BCUT2D eigenvalue weighted by atomic mass is 9.84. The van der Waals surface area contributed by atoms with Gasteiger partial charge in [0.25, 0.3) is 0 Å². The molecule has 0 unspecified atom stereocenters. The summed E-state index contributed by atoms with van der Waals surface area (Å²) in [6, 6.07) is 10.5. The molecule has 0 amide bonds. The van der Waals surface area contributed by atoms with Crippen LogP contribution in [0.25, 0.3) is 15.9 Å². The topological polar surface area (TPSA) is 67.2 Å². The van der Waals surface area contributed by atoms with Crippen LogP contribution in [0, 0.1) is 12.5 Å². The fraction of sp³-hybridized carbons (Fsp3) is 0.458. The highest BCUT2D eigenvalue weighted by Crippen LogP contribution is 2.43. The van der Waals surface area contributed by atoms with Gasteiger partial charge in [0.2, 0.25) is 5.54 Å². The van der Waals surface area contributed by atoms with Crippen molar-refractivity contribution in [3.8, 4) is 5.75 Å². The van der Waals surface area contributed by atoms with E-state index in [1.165, 1.54) is 18.5 Å². The van der Waals surface area contributed by atoms with E-state index in [4.69, 9.17) is 11.3 Å². The van der Waals surface area contributed by atoms with Crippen molar-refractivity contribution in [2.24, 2.45) is 5.92 Å². The van der Waals surface area contributed by atoms with Crippen LogP contribution in [-0.2, 0) is 0 Å². The van der Waals surface area contributed by atoms with Gasteiger partial charge in [-0.25, -0.2) is 16.5 Å². The molecular weight excluding hydrogens is 374 g/mol. The van der Waals surface area contributed by atoms with E-state index in [1.807, 2.05) is 26.0 Å². The summed E-state index contributed by atoms with van der Waals surface area (Å²) in [7, 11) is 0. The first-order chi connectivity index (χ1) is 14.5. The number of ether oxygens (including phenoxy) is 1. The molecule has 0 spiro atoms. The Bertz CT molecular complexity index is 1110. The third-order valence-electron chi connectivity index (χ3n) is 6.36. The van der Waals surface area contributed by atoms with Crippen molar-refractivity contribution in [3.05, 3.63) is 59.3 Å².